The predicted octanol–water partition coefficient (Wildman–Crippen LogP) is 3.66. The highest BCUT2D eigenvalue weighted by atomic mass is 16.5. The molecule has 3 nitrogen and oxygen atoms in total. The summed E-state index contributed by atoms with van der Waals surface area (Å²) in [5.74, 6) is 0.732. The van der Waals surface area contributed by atoms with Gasteiger partial charge in [0, 0.05) is 17.8 Å². The molecule has 0 aliphatic carbocycles. The van der Waals surface area contributed by atoms with Crippen LogP contribution in [0.4, 0.5) is 11.4 Å². The lowest BCUT2D eigenvalue weighted by molar-refractivity contribution is 0.417. The van der Waals surface area contributed by atoms with Gasteiger partial charge in [0.2, 0.25) is 0 Å². The molecule has 0 aliphatic rings. The van der Waals surface area contributed by atoms with Gasteiger partial charge in [0.25, 0.3) is 0 Å². The van der Waals surface area contributed by atoms with Gasteiger partial charge in [-0.1, -0.05) is 26.2 Å². The molecule has 17 heavy (non-hydrogen) atoms. The van der Waals surface area contributed by atoms with Crippen molar-refractivity contribution in [2.24, 2.45) is 0 Å². The van der Waals surface area contributed by atoms with Gasteiger partial charge in [-0.25, -0.2) is 0 Å². The van der Waals surface area contributed by atoms with Crippen molar-refractivity contribution >= 4 is 11.4 Å². The van der Waals surface area contributed by atoms with Crippen LogP contribution in [0.2, 0.25) is 0 Å². The van der Waals surface area contributed by atoms with E-state index in [1.54, 1.807) is 7.11 Å². The van der Waals surface area contributed by atoms with E-state index in [9.17, 15) is 0 Å². The summed E-state index contributed by atoms with van der Waals surface area (Å²) in [6, 6.07) is 6.30. The molecule has 1 aromatic rings. The first-order chi connectivity index (χ1) is 8.17. The van der Waals surface area contributed by atoms with Crippen LogP contribution in [0, 0.1) is 0 Å². The molecular weight excluding hydrogens is 212 g/mol. The van der Waals surface area contributed by atoms with Crippen LogP contribution >= 0.6 is 0 Å². The Kier molecular flexibility index (Phi) is 5.67. The van der Waals surface area contributed by atoms with E-state index in [0.29, 0.717) is 11.7 Å². The number of nitrogens with one attached hydrogen (secondary N) is 1. The molecule has 1 atom stereocenters. The molecule has 0 aliphatic heterocycles. The van der Waals surface area contributed by atoms with Gasteiger partial charge >= 0.3 is 0 Å². The second-order valence-electron chi connectivity index (χ2n) is 4.50. The minimum Gasteiger partial charge on any atom is -0.495 e. The summed E-state index contributed by atoms with van der Waals surface area (Å²) >= 11 is 0. The van der Waals surface area contributed by atoms with Crippen LogP contribution in [0.5, 0.6) is 5.75 Å². The molecule has 96 valence electrons. The number of rotatable bonds is 7. The number of nitrogen functional groups attached to an aromatic ring is 1. The molecule has 0 amide bonds. The summed E-state index contributed by atoms with van der Waals surface area (Å²) in [4.78, 5) is 0. The zero-order valence-corrected chi connectivity index (χ0v) is 11.1. The topological polar surface area (TPSA) is 47.3 Å². The minimum atomic E-state index is 0.481. The summed E-state index contributed by atoms with van der Waals surface area (Å²) in [7, 11) is 1.64. The maximum atomic E-state index is 5.78. The number of hydrogen-bond acceptors (Lipinski definition) is 3. The van der Waals surface area contributed by atoms with Gasteiger partial charge in [0.1, 0.15) is 5.75 Å². The fourth-order valence-corrected chi connectivity index (χ4v) is 1.86. The van der Waals surface area contributed by atoms with Gasteiger partial charge < -0.3 is 15.8 Å². The Bertz CT molecular complexity index is 339. The van der Waals surface area contributed by atoms with Crippen LogP contribution in [-0.2, 0) is 0 Å². The summed E-state index contributed by atoms with van der Waals surface area (Å²) in [5.41, 5.74) is 7.52. The molecule has 1 unspecified atom stereocenters. The molecule has 0 heterocycles. The molecule has 1 rings (SSSR count). The van der Waals surface area contributed by atoms with Gasteiger partial charge in [0.15, 0.2) is 0 Å². The smallest absolute Gasteiger partial charge is 0.143 e. The molecule has 0 bridgehead atoms. The van der Waals surface area contributed by atoms with E-state index in [2.05, 4.69) is 19.2 Å². The fraction of sp³-hybridized carbons (Fsp3) is 0.571. The lowest BCUT2D eigenvalue weighted by Gasteiger charge is -2.16. The lowest BCUT2D eigenvalue weighted by Crippen LogP contribution is -2.14. The highest BCUT2D eigenvalue weighted by molar-refractivity contribution is 5.61. The van der Waals surface area contributed by atoms with Crippen LogP contribution in [0.1, 0.15) is 39.5 Å². The second-order valence-corrected chi connectivity index (χ2v) is 4.50. The van der Waals surface area contributed by atoms with Crippen molar-refractivity contribution in [3.05, 3.63) is 18.2 Å². The Morgan fingerprint density at radius 2 is 2.12 bits per heavy atom. The van der Waals surface area contributed by atoms with Crippen LogP contribution in [0.25, 0.3) is 0 Å². The third-order valence-electron chi connectivity index (χ3n) is 2.89. The van der Waals surface area contributed by atoms with Gasteiger partial charge in [-0.3, -0.25) is 0 Å². The van der Waals surface area contributed by atoms with E-state index >= 15 is 0 Å². The van der Waals surface area contributed by atoms with E-state index in [4.69, 9.17) is 10.5 Å². The Morgan fingerprint density at radius 3 is 2.76 bits per heavy atom. The Balaban J connectivity index is 2.50. The molecule has 1 aromatic carbocycles. The summed E-state index contributed by atoms with van der Waals surface area (Å²) in [5, 5.41) is 3.47. The highest BCUT2D eigenvalue weighted by Gasteiger charge is 2.04. The average Bonchev–Trinajstić information content (AvgIpc) is 2.32. The van der Waals surface area contributed by atoms with Crippen molar-refractivity contribution in [3.63, 3.8) is 0 Å². The van der Waals surface area contributed by atoms with E-state index < -0.39 is 0 Å². The maximum absolute atomic E-state index is 5.78. The van der Waals surface area contributed by atoms with Crippen molar-refractivity contribution in [1.29, 1.82) is 0 Å². The van der Waals surface area contributed by atoms with Crippen molar-refractivity contribution in [2.45, 2.75) is 45.6 Å². The predicted molar refractivity (Wildman–Crippen MR) is 74.6 cm³/mol. The molecule has 3 heteroatoms. The minimum absolute atomic E-state index is 0.481. The maximum Gasteiger partial charge on any atom is 0.143 e. The molecule has 0 aromatic heterocycles. The first kappa shape index (κ1) is 13.7. The number of ether oxygens (including phenoxy) is 1. The fourth-order valence-electron chi connectivity index (χ4n) is 1.86. The Hall–Kier alpha value is -1.38. The molecule has 0 fully saturated rings. The van der Waals surface area contributed by atoms with E-state index in [-0.39, 0.29) is 0 Å². The number of hydrogen-bond donors (Lipinski definition) is 2. The number of methoxy groups -OCH3 is 1. The van der Waals surface area contributed by atoms with Gasteiger partial charge in [0.05, 0.1) is 12.8 Å². The summed E-state index contributed by atoms with van der Waals surface area (Å²) < 4.78 is 5.20. The monoisotopic (exact) mass is 236 g/mol. The quantitative estimate of drug-likeness (QED) is 0.561. The van der Waals surface area contributed by atoms with Crippen LogP contribution in [0.15, 0.2) is 18.2 Å². The Morgan fingerprint density at radius 1 is 1.35 bits per heavy atom. The molecule has 0 radical (unpaired) electrons. The highest BCUT2D eigenvalue weighted by Crippen LogP contribution is 2.25. The SMILES string of the molecule is CCCCCC(C)Nc1ccc(N)c(OC)c1. The van der Waals surface area contributed by atoms with E-state index in [1.165, 1.54) is 25.7 Å². The third-order valence-corrected chi connectivity index (χ3v) is 2.89. The number of nitrogens with two attached hydrogens (primary N) is 1. The van der Waals surface area contributed by atoms with Crippen LogP contribution in [-0.4, -0.2) is 13.2 Å². The largest absolute Gasteiger partial charge is 0.495 e. The van der Waals surface area contributed by atoms with E-state index in [1.807, 2.05) is 18.2 Å². The van der Waals surface area contributed by atoms with Crippen molar-refractivity contribution < 1.29 is 4.74 Å². The first-order valence-corrected chi connectivity index (χ1v) is 6.37. The molecule has 0 spiro atoms. The normalized spacial score (nSPS) is 12.2. The standard InChI is InChI=1S/C14H24N2O/c1-4-5-6-7-11(2)16-12-8-9-13(15)14(10-12)17-3/h8-11,16H,4-7,15H2,1-3H3. The zero-order valence-electron chi connectivity index (χ0n) is 11.1. The van der Waals surface area contributed by atoms with Gasteiger partial charge in [-0.15, -0.1) is 0 Å². The molecule has 0 saturated heterocycles. The average molecular weight is 236 g/mol. The van der Waals surface area contributed by atoms with Crippen molar-refractivity contribution in [1.82, 2.24) is 0 Å². The summed E-state index contributed by atoms with van der Waals surface area (Å²) in [6.45, 7) is 4.43. The van der Waals surface area contributed by atoms with Gasteiger partial charge in [-0.2, -0.15) is 0 Å². The zero-order chi connectivity index (χ0) is 12.7. The summed E-state index contributed by atoms with van der Waals surface area (Å²) in [6.07, 6.45) is 5.04. The molecule has 3 N–H and O–H groups in total. The number of unbranched alkanes of at least 4 members (excludes halogenated alkanes) is 2. The second kappa shape index (κ2) is 7.05. The Labute approximate surface area is 104 Å². The van der Waals surface area contributed by atoms with Crippen molar-refractivity contribution in [3.8, 4) is 5.75 Å². The van der Waals surface area contributed by atoms with E-state index in [0.717, 1.165) is 11.4 Å². The third kappa shape index (κ3) is 4.55. The lowest BCUT2D eigenvalue weighted by atomic mass is 10.1. The number of anilines is 2. The molecular formula is C14H24N2O. The van der Waals surface area contributed by atoms with Crippen molar-refractivity contribution in [2.75, 3.05) is 18.2 Å². The number of benzene rings is 1. The van der Waals surface area contributed by atoms with Crippen LogP contribution < -0.4 is 15.8 Å². The van der Waals surface area contributed by atoms with Crippen LogP contribution in [0.3, 0.4) is 0 Å². The van der Waals surface area contributed by atoms with Gasteiger partial charge in [-0.05, 0) is 25.5 Å². The molecule has 0 saturated carbocycles. The first-order valence-electron chi connectivity index (χ1n) is 6.37.